The average molecular weight is 391 g/mol. The summed E-state index contributed by atoms with van der Waals surface area (Å²) in [4.78, 5) is 23.5. The Bertz CT molecular complexity index is 801. The third-order valence-corrected chi connectivity index (χ3v) is 3.95. The summed E-state index contributed by atoms with van der Waals surface area (Å²) in [6, 6.07) is 9.40. The lowest BCUT2D eigenvalue weighted by Gasteiger charge is -2.19. The molecular formula is C18H21N3O5S. The highest BCUT2D eigenvalue weighted by Gasteiger charge is 2.17. The van der Waals surface area contributed by atoms with E-state index >= 15 is 0 Å². The van der Waals surface area contributed by atoms with Crippen molar-refractivity contribution in [3.8, 4) is 17.2 Å². The molecule has 0 aliphatic heterocycles. The molecule has 0 heterocycles. The molecule has 27 heavy (non-hydrogen) atoms. The lowest BCUT2D eigenvalue weighted by atomic mass is 10.2. The van der Waals surface area contributed by atoms with Crippen LogP contribution in [0.3, 0.4) is 0 Å². The van der Waals surface area contributed by atoms with Gasteiger partial charge in [0, 0.05) is 24.7 Å². The van der Waals surface area contributed by atoms with E-state index in [0.29, 0.717) is 34.3 Å². The van der Waals surface area contributed by atoms with Crippen LogP contribution in [0.4, 0.5) is 21.9 Å². The number of hydrogen-bond acceptors (Lipinski definition) is 6. The van der Waals surface area contributed by atoms with E-state index in [2.05, 4.69) is 23.4 Å². The normalized spacial score (nSPS) is 9.96. The molecule has 0 bridgehead atoms. The first-order chi connectivity index (χ1) is 12.9. The van der Waals surface area contributed by atoms with Crippen LogP contribution in [0, 0.1) is 0 Å². The second-order valence-corrected chi connectivity index (χ2v) is 5.78. The van der Waals surface area contributed by atoms with Crippen LogP contribution in [0.2, 0.25) is 0 Å². The smallest absolute Gasteiger partial charge is 0.336 e. The van der Waals surface area contributed by atoms with Gasteiger partial charge >= 0.3 is 6.03 Å². The minimum absolute atomic E-state index is 0.175. The highest BCUT2D eigenvalue weighted by Crippen LogP contribution is 2.40. The summed E-state index contributed by atoms with van der Waals surface area (Å²) < 4.78 is 16.9. The zero-order chi connectivity index (χ0) is 20.0. The number of carbonyl (C=O) groups is 2. The van der Waals surface area contributed by atoms with Crippen LogP contribution < -0.4 is 29.1 Å². The number of anilines is 3. The maximum absolute atomic E-state index is 12.5. The molecule has 2 N–H and O–H groups in total. The van der Waals surface area contributed by atoms with E-state index in [-0.39, 0.29) is 5.91 Å². The molecule has 0 atom stereocenters. The van der Waals surface area contributed by atoms with Gasteiger partial charge in [0.1, 0.15) is 0 Å². The van der Waals surface area contributed by atoms with Crippen LogP contribution in [-0.2, 0) is 4.79 Å². The van der Waals surface area contributed by atoms with E-state index in [4.69, 9.17) is 14.2 Å². The first-order valence-corrected chi connectivity index (χ1v) is 8.27. The first-order valence-electron chi connectivity index (χ1n) is 7.87. The average Bonchev–Trinajstić information content (AvgIpc) is 2.66. The molecule has 9 heteroatoms. The van der Waals surface area contributed by atoms with Gasteiger partial charge in [-0.1, -0.05) is 12.8 Å². The summed E-state index contributed by atoms with van der Waals surface area (Å²) >= 11 is 4.23. The first kappa shape index (κ1) is 20.2. The summed E-state index contributed by atoms with van der Waals surface area (Å²) in [6.45, 7) is 1.42. The molecule has 0 aliphatic carbocycles. The minimum atomic E-state index is -0.486. The number of hydrogen-bond donors (Lipinski definition) is 3. The molecule has 0 unspecified atom stereocenters. The topological polar surface area (TPSA) is 89.1 Å². The second kappa shape index (κ2) is 9.04. The van der Waals surface area contributed by atoms with Crippen molar-refractivity contribution in [2.75, 3.05) is 36.3 Å². The highest BCUT2D eigenvalue weighted by molar-refractivity contribution is 7.82. The quantitative estimate of drug-likeness (QED) is 0.656. The zero-order valence-electron chi connectivity index (χ0n) is 15.4. The van der Waals surface area contributed by atoms with Gasteiger partial charge in [-0.2, -0.15) is 0 Å². The molecule has 0 fully saturated rings. The van der Waals surface area contributed by atoms with Crippen LogP contribution >= 0.6 is 12.8 Å². The van der Waals surface area contributed by atoms with Crippen LogP contribution in [0.5, 0.6) is 17.2 Å². The number of rotatable bonds is 6. The number of nitrogens with zero attached hydrogens (tertiary/aromatic N) is 1. The molecule has 0 spiro atoms. The molecule has 8 nitrogen and oxygen atoms in total. The molecule has 0 aromatic heterocycles. The summed E-state index contributed by atoms with van der Waals surface area (Å²) in [5.74, 6) is 1.08. The fourth-order valence-electron chi connectivity index (χ4n) is 2.34. The molecular weight excluding hydrogens is 370 g/mol. The fourth-order valence-corrected chi connectivity index (χ4v) is 2.52. The number of methoxy groups -OCH3 is 3. The predicted molar refractivity (Wildman–Crippen MR) is 107 cm³/mol. The molecule has 0 aliphatic rings. The van der Waals surface area contributed by atoms with Crippen LogP contribution in [-0.4, -0.2) is 33.3 Å². The SMILES string of the molecule is COc1cc(NC(=O)N(S)c2ccc(NC(C)=O)cc2)cc(OC)c1OC. The van der Waals surface area contributed by atoms with Crippen LogP contribution in [0.25, 0.3) is 0 Å². The van der Waals surface area contributed by atoms with Gasteiger partial charge in [-0.25, -0.2) is 9.10 Å². The Morgan fingerprint density at radius 1 is 0.889 bits per heavy atom. The Hall–Kier alpha value is -3.07. The summed E-state index contributed by atoms with van der Waals surface area (Å²) in [7, 11) is 4.48. The summed E-state index contributed by atoms with van der Waals surface area (Å²) in [5, 5.41) is 5.37. The number of nitrogens with one attached hydrogen (secondary N) is 2. The van der Waals surface area contributed by atoms with Gasteiger partial charge in [0.2, 0.25) is 11.7 Å². The number of thiol groups is 1. The van der Waals surface area contributed by atoms with Gasteiger partial charge < -0.3 is 24.8 Å². The van der Waals surface area contributed by atoms with Crippen molar-refractivity contribution in [3.63, 3.8) is 0 Å². The molecule has 144 valence electrons. The van der Waals surface area contributed by atoms with Gasteiger partial charge in [0.25, 0.3) is 0 Å². The molecule has 0 saturated carbocycles. The molecule has 2 rings (SSSR count). The van der Waals surface area contributed by atoms with Crippen molar-refractivity contribution in [2.24, 2.45) is 0 Å². The van der Waals surface area contributed by atoms with Gasteiger partial charge in [-0.05, 0) is 24.3 Å². The minimum Gasteiger partial charge on any atom is -0.493 e. The number of benzene rings is 2. The fraction of sp³-hybridized carbons (Fsp3) is 0.222. The lowest BCUT2D eigenvalue weighted by Crippen LogP contribution is -2.26. The van der Waals surface area contributed by atoms with Crippen molar-refractivity contribution < 1.29 is 23.8 Å². The van der Waals surface area contributed by atoms with E-state index in [9.17, 15) is 9.59 Å². The molecule has 2 aromatic rings. The van der Waals surface area contributed by atoms with E-state index in [1.54, 1.807) is 36.4 Å². The van der Waals surface area contributed by atoms with E-state index in [0.717, 1.165) is 4.31 Å². The number of carbonyl (C=O) groups excluding carboxylic acids is 2. The predicted octanol–water partition coefficient (Wildman–Crippen LogP) is 3.55. The monoisotopic (exact) mass is 391 g/mol. The Balaban J connectivity index is 2.17. The zero-order valence-corrected chi connectivity index (χ0v) is 16.3. The largest absolute Gasteiger partial charge is 0.493 e. The molecule has 2 aromatic carbocycles. The number of ether oxygens (including phenoxy) is 3. The van der Waals surface area contributed by atoms with Crippen molar-refractivity contribution >= 4 is 41.8 Å². The van der Waals surface area contributed by atoms with Crippen molar-refractivity contribution in [1.29, 1.82) is 0 Å². The summed E-state index contributed by atoms with van der Waals surface area (Å²) in [5.41, 5.74) is 1.60. The highest BCUT2D eigenvalue weighted by atomic mass is 32.1. The Morgan fingerprint density at radius 2 is 1.44 bits per heavy atom. The van der Waals surface area contributed by atoms with E-state index < -0.39 is 6.03 Å². The van der Waals surface area contributed by atoms with Crippen LogP contribution in [0.15, 0.2) is 36.4 Å². The van der Waals surface area contributed by atoms with E-state index in [1.165, 1.54) is 28.3 Å². The Kier molecular flexibility index (Phi) is 6.78. The molecule has 0 radical (unpaired) electrons. The summed E-state index contributed by atoms with van der Waals surface area (Å²) in [6.07, 6.45) is 0. The van der Waals surface area contributed by atoms with Gasteiger partial charge in [-0.3, -0.25) is 4.79 Å². The second-order valence-electron chi connectivity index (χ2n) is 5.38. The standard InChI is InChI=1S/C18H21N3O5S/c1-11(22)19-12-5-7-14(8-6-12)21(27)18(23)20-13-9-15(24-2)17(26-4)16(10-13)25-3/h5-10,27H,1-4H3,(H,19,22)(H,20,23). The Labute approximate surface area is 162 Å². The van der Waals surface area contributed by atoms with Crippen molar-refractivity contribution in [3.05, 3.63) is 36.4 Å². The Morgan fingerprint density at radius 3 is 1.89 bits per heavy atom. The third kappa shape index (κ3) is 4.98. The number of urea groups is 1. The maximum atomic E-state index is 12.5. The van der Waals surface area contributed by atoms with Gasteiger partial charge in [0.15, 0.2) is 11.5 Å². The van der Waals surface area contributed by atoms with Gasteiger partial charge in [0.05, 0.1) is 32.7 Å². The molecule has 0 saturated heterocycles. The molecule has 3 amide bonds. The van der Waals surface area contributed by atoms with Crippen LogP contribution in [0.1, 0.15) is 6.92 Å². The van der Waals surface area contributed by atoms with Crippen molar-refractivity contribution in [1.82, 2.24) is 0 Å². The van der Waals surface area contributed by atoms with E-state index in [1.807, 2.05) is 0 Å². The lowest BCUT2D eigenvalue weighted by molar-refractivity contribution is -0.114. The number of amides is 3. The van der Waals surface area contributed by atoms with Gasteiger partial charge in [-0.15, -0.1) is 0 Å². The maximum Gasteiger partial charge on any atom is 0.336 e. The van der Waals surface area contributed by atoms with Crippen molar-refractivity contribution in [2.45, 2.75) is 6.92 Å². The third-order valence-electron chi connectivity index (χ3n) is 3.54.